The molecule has 1 aromatic carbocycles. The molecule has 128 valence electrons. The van der Waals surface area contributed by atoms with Crippen molar-refractivity contribution in [1.82, 2.24) is 9.88 Å². The van der Waals surface area contributed by atoms with Crippen molar-refractivity contribution >= 4 is 39.5 Å². The van der Waals surface area contributed by atoms with Gasteiger partial charge in [-0.3, -0.25) is 4.79 Å². The van der Waals surface area contributed by atoms with Gasteiger partial charge in [-0.15, -0.1) is 0 Å². The van der Waals surface area contributed by atoms with E-state index < -0.39 is 5.97 Å². The monoisotopic (exact) mass is 440 g/mol. The summed E-state index contributed by atoms with van der Waals surface area (Å²) in [5.41, 5.74) is 0.763. The van der Waals surface area contributed by atoms with Crippen LogP contribution in [0, 0.1) is 9.49 Å². The van der Waals surface area contributed by atoms with E-state index in [-0.39, 0.29) is 17.6 Å². The van der Waals surface area contributed by atoms with E-state index in [1.807, 2.05) is 12.1 Å². The van der Waals surface area contributed by atoms with E-state index in [2.05, 4.69) is 32.5 Å². The third-order valence-electron chi connectivity index (χ3n) is 4.45. The van der Waals surface area contributed by atoms with Crippen LogP contribution in [0.3, 0.4) is 0 Å². The minimum Gasteiger partial charge on any atom is -0.462 e. The predicted molar refractivity (Wildman–Crippen MR) is 102 cm³/mol. The second-order valence-electron chi connectivity index (χ2n) is 6.10. The largest absolute Gasteiger partial charge is 0.462 e. The van der Waals surface area contributed by atoms with E-state index in [1.54, 1.807) is 19.2 Å². The molecule has 1 aliphatic heterocycles. The molecule has 0 amide bonds. The molecular weight excluding hydrogens is 419 g/mol. The lowest BCUT2D eigenvalue weighted by molar-refractivity contribution is 0.0524. The number of nitrogens with zero attached hydrogens (tertiary/aromatic N) is 1. The Kier molecular flexibility index (Phi) is 5.55. The molecule has 6 heteroatoms. The molecule has 2 aromatic rings. The molecule has 0 unspecified atom stereocenters. The van der Waals surface area contributed by atoms with Gasteiger partial charge in [-0.2, -0.15) is 0 Å². The smallest absolute Gasteiger partial charge is 0.343 e. The number of esters is 1. The van der Waals surface area contributed by atoms with Gasteiger partial charge in [-0.1, -0.05) is 0 Å². The van der Waals surface area contributed by atoms with Gasteiger partial charge < -0.3 is 14.6 Å². The van der Waals surface area contributed by atoms with Crippen molar-refractivity contribution in [2.45, 2.75) is 26.3 Å². The van der Waals surface area contributed by atoms with Crippen LogP contribution in [0.4, 0.5) is 0 Å². The van der Waals surface area contributed by atoms with Crippen molar-refractivity contribution in [3.8, 4) is 0 Å². The van der Waals surface area contributed by atoms with Crippen LogP contribution >= 0.6 is 22.6 Å². The minimum absolute atomic E-state index is 0.125. The fourth-order valence-corrected chi connectivity index (χ4v) is 3.69. The lowest BCUT2D eigenvalue weighted by atomic mass is 9.97. The van der Waals surface area contributed by atoms with Crippen molar-refractivity contribution < 1.29 is 9.53 Å². The zero-order valence-electron chi connectivity index (χ0n) is 13.7. The van der Waals surface area contributed by atoms with Crippen molar-refractivity contribution in [2.75, 3.05) is 19.7 Å². The molecule has 0 atom stereocenters. The van der Waals surface area contributed by atoms with Gasteiger partial charge in [0.2, 0.25) is 5.43 Å². The molecule has 1 saturated heterocycles. The second kappa shape index (κ2) is 7.65. The summed E-state index contributed by atoms with van der Waals surface area (Å²) in [6, 6.07) is 5.71. The van der Waals surface area contributed by atoms with Crippen LogP contribution in [0.15, 0.2) is 29.2 Å². The molecule has 3 rings (SSSR count). The highest BCUT2D eigenvalue weighted by molar-refractivity contribution is 14.1. The Hall–Kier alpha value is -1.41. The molecule has 1 fully saturated rings. The highest BCUT2D eigenvalue weighted by Gasteiger charge is 2.19. The van der Waals surface area contributed by atoms with Crippen LogP contribution in [0.2, 0.25) is 0 Å². The van der Waals surface area contributed by atoms with Crippen molar-refractivity contribution in [2.24, 2.45) is 5.92 Å². The molecule has 1 aliphatic rings. The number of nitrogens with one attached hydrogen (secondary N) is 1. The van der Waals surface area contributed by atoms with E-state index in [0.717, 1.165) is 41.6 Å². The van der Waals surface area contributed by atoms with Gasteiger partial charge in [0.15, 0.2) is 0 Å². The maximum Gasteiger partial charge on any atom is 0.343 e. The number of benzene rings is 1. The lowest BCUT2D eigenvalue weighted by Crippen LogP contribution is -2.30. The molecule has 0 saturated carbocycles. The highest BCUT2D eigenvalue weighted by Crippen LogP contribution is 2.21. The lowest BCUT2D eigenvalue weighted by Gasteiger charge is -2.25. The molecule has 0 radical (unpaired) electrons. The van der Waals surface area contributed by atoms with Crippen LogP contribution in [0.5, 0.6) is 0 Å². The number of carbonyl (C=O) groups excluding carboxylic acids is 1. The van der Waals surface area contributed by atoms with Gasteiger partial charge in [-0.05, 0) is 79.6 Å². The molecular formula is C18H21IN2O3. The number of hydrogen-bond donors (Lipinski definition) is 1. The van der Waals surface area contributed by atoms with E-state index >= 15 is 0 Å². The zero-order valence-corrected chi connectivity index (χ0v) is 15.8. The van der Waals surface area contributed by atoms with Gasteiger partial charge >= 0.3 is 5.97 Å². The first kappa shape index (κ1) is 17.4. The Balaban J connectivity index is 2.10. The van der Waals surface area contributed by atoms with Crippen LogP contribution in [-0.2, 0) is 11.3 Å². The number of pyridine rings is 1. The van der Waals surface area contributed by atoms with Crippen molar-refractivity contribution in [1.29, 1.82) is 0 Å². The van der Waals surface area contributed by atoms with E-state index in [9.17, 15) is 9.59 Å². The summed E-state index contributed by atoms with van der Waals surface area (Å²) in [6.45, 7) is 4.85. The Morgan fingerprint density at radius 2 is 2.12 bits per heavy atom. The molecule has 1 N–H and O–H groups in total. The first-order valence-electron chi connectivity index (χ1n) is 8.30. The summed E-state index contributed by atoms with van der Waals surface area (Å²) < 4.78 is 8.19. The van der Waals surface area contributed by atoms with Crippen LogP contribution in [-0.4, -0.2) is 30.2 Å². The first-order valence-corrected chi connectivity index (χ1v) is 9.38. The van der Waals surface area contributed by atoms with Crippen LogP contribution < -0.4 is 10.7 Å². The predicted octanol–water partition coefficient (Wildman–Crippen LogP) is 2.78. The zero-order chi connectivity index (χ0) is 17.1. The number of aromatic nitrogens is 1. The molecule has 0 spiro atoms. The summed E-state index contributed by atoms with van der Waals surface area (Å²) >= 11 is 2.25. The average Bonchev–Trinajstić information content (AvgIpc) is 2.58. The van der Waals surface area contributed by atoms with Gasteiger partial charge in [0.05, 0.1) is 12.1 Å². The van der Waals surface area contributed by atoms with Crippen molar-refractivity contribution in [3.05, 3.63) is 43.8 Å². The summed E-state index contributed by atoms with van der Waals surface area (Å²) in [6.07, 6.45) is 3.89. The van der Waals surface area contributed by atoms with Gasteiger partial charge in [-0.25, -0.2) is 4.79 Å². The maximum atomic E-state index is 12.7. The number of hydrogen-bond acceptors (Lipinski definition) is 4. The third kappa shape index (κ3) is 3.64. The normalized spacial score (nSPS) is 15.6. The maximum absolute atomic E-state index is 12.7. The Labute approximate surface area is 154 Å². The summed E-state index contributed by atoms with van der Waals surface area (Å²) in [5.74, 6) is 0.00637. The number of halogens is 1. The quantitative estimate of drug-likeness (QED) is 0.587. The van der Waals surface area contributed by atoms with Gasteiger partial charge in [0.1, 0.15) is 5.56 Å². The van der Waals surface area contributed by atoms with Crippen molar-refractivity contribution in [3.63, 3.8) is 0 Å². The fourth-order valence-electron chi connectivity index (χ4n) is 3.21. The summed E-state index contributed by atoms with van der Waals surface area (Å²) in [4.78, 5) is 24.8. The van der Waals surface area contributed by atoms with E-state index in [4.69, 9.17) is 4.74 Å². The van der Waals surface area contributed by atoms with Gasteiger partial charge in [0.25, 0.3) is 0 Å². The molecule has 5 nitrogen and oxygen atoms in total. The SMILES string of the molecule is CCOC(=O)c1cn(CC2CCNCC2)c2cc(I)ccc2c1=O. The molecule has 0 bridgehead atoms. The average molecular weight is 440 g/mol. The van der Waals surface area contributed by atoms with Crippen LogP contribution in [0.1, 0.15) is 30.1 Å². The number of rotatable bonds is 4. The molecule has 1 aromatic heterocycles. The number of fused-ring (bicyclic) bond motifs is 1. The number of piperidine rings is 1. The van der Waals surface area contributed by atoms with Crippen LogP contribution in [0.25, 0.3) is 10.9 Å². The standard InChI is InChI=1S/C18H21IN2O3/c1-2-24-18(23)15-11-21(10-12-5-7-20-8-6-12)16-9-13(19)3-4-14(16)17(15)22/h3-4,9,11-12,20H,2,5-8,10H2,1H3. The topological polar surface area (TPSA) is 60.3 Å². The third-order valence-corrected chi connectivity index (χ3v) is 5.12. The fraction of sp³-hybridized carbons (Fsp3) is 0.444. The number of carbonyl (C=O) groups is 1. The Morgan fingerprint density at radius 3 is 2.83 bits per heavy atom. The Morgan fingerprint density at radius 1 is 1.38 bits per heavy atom. The first-order chi connectivity index (χ1) is 11.6. The minimum atomic E-state index is -0.540. The number of ether oxygens (including phenoxy) is 1. The molecule has 0 aliphatic carbocycles. The summed E-state index contributed by atoms with van der Waals surface area (Å²) in [5, 5.41) is 3.95. The van der Waals surface area contributed by atoms with Gasteiger partial charge in [0, 0.05) is 21.7 Å². The van der Waals surface area contributed by atoms with E-state index in [1.165, 1.54) is 0 Å². The highest BCUT2D eigenvalue weighted by atomic mass is 127. The van der Waals surface area contributed by atoms with E-state index in [0.29, 0.717) is 11.3 Å². The molecule has 24 heavy (non-hydrogen) atoms. The summed E-state index contributed by atoms with van der Waals surface area (Å²) in [7, 11) is 0. The second-order valence-corrected chi connectivity index (χ2v) is 7.35. The molecule has 2 heterocycles. The Bertz CT molecular complexity index is 810.